The second-order valence-electron chi connectivity index (χ2n) is 5.29. The first-order valence-electron chi connectivity index (χ1n) is 7.28. The van der Waals surface area contributed by atoms with Crippen LogP contribution in [0.3, 0.4) is 0 Å². The van der Waals surface area contributed by atoms with Crippen molar-refractivity contribution >= 4 is 39.1 Å². The van der Waals surface area contributed by atoms with E-state index < -0.39 is 4.92 Å². The van der Waals surface area contributed by atoms with Crippen LogP contribution in [-0.2, 0) is 0 Å². The van der Waals surface area contributed by atoms with Gasteiger partial charge in [0.15, 0.2) is 0 Å². The van der Waals surface area contributed by atoms with Gasteiger partial charge in [0, 0.05) is 16.7 Å². The van der Waals surface area contributed by atoms with Crippen molar-refractivity contribution in [3.8, 4) is 0 Å². The summed E-state index contributed by atoms with van der Waals surface area (Å²) < 4.78 is 0.823. The third-order valence-corrected chi connectivity index (χ3v) is 4.14. The van der Waals surface area contributed by atoms with Crippen molar-refractivity contribution < 1.29 is 4.92 Å². The van der Waals surface area contributed by atoms with Crippen LogP contribution in [0.15, 0.2) is 29.1 Å². The third-order valence-electron chi connectivity index (χ3n) is 3.67. The highest BCUT2D eigenvalue weighted by Crippen LogP contribution is 2.33. The molecule has 1 fully saturated rings. The summed E-state index contributed by atoms with van der Waals surface area (Å²) in [5, 5.41) is 17.5. The van der Waals surface area contributed by atoms with E-state index in [0.29, 0.717) is 5.82 Å². The van der Waals surface area contributed by atoms with Crippen LogP contribution in [0.5, 0.6) is 0 Å². The molecule has 120 valence electrons. The van der Waals surface area contributed by atoms with Crippen LogP contribution in [0.4, 0.5) is 23.1 Å². The highest BCUT2D eigenvalue weighted by Gasteiger charge is 2.26. The summed E-state index contributed by atoms with van der Waals surface area (Å²) in [6.45, 7) is 0. The Hall–Kier alpha value is -2.29. The molecule has 0 saturated heterocycles. The number of hydrogen-bond acceptors (Lipinski definition) is 7. The Bertz CT molecular complexity index is 703. The number of anilines is 3. The SMILES string of the molecule is O=[N+]([O-])c1c(Nc2ccc(Br)cn2)ncnc1NC1CCCC1. The minimum absolute atomic E-state index is 0.125. The van der Waals surface area contributed by atoms with Crippen molar-refractivity contribution in [1.29, 1.82) is 0 Å². The van der Waals surface area contributed by atoms with Gasteiger partial charge in [0.05, 0.1) is 4.92 Å². The van der Waals surface area contributed by atoms with E-state index in [1.807, 2.05) is 0 Å². The lowest BCUT2D eigenvalue weighted by molar-refractivity contribution is -0.383. The molecule has 1 aliphatic rings. The Morgan fingerprint density at radius 3 is 2.57 bits per heavy atom. The third kappa shape index (κ3) is 3.73. The Kier molecular flexibility index (Phi) is 4.65. The molecule has 0 atom stereocenters. The first-order chi connectivity index (χ1) is 11.1. The second kappa shape index (κ2) is 6.86. The Morgan fingerprint density at radius 1 is 1.17 bits per heavy atom. The fourth-order valence-electron chi connectivity index (χ4n) is 2.58. The summed E-state index contributed by atoms with van der Waals surface area (Å²) in [5.74, 6) is 0.846. The van der Waals surface area contributed by atoms with Gasteiger partial charge in [0.25, 0.3) is 0 Å². The minimum Gasteiger partial charge on any atom is -0.361 e. The monoisotopic (exact) mass is 378 g/mol. The number of pyridine rings is 1. The van der Waals surface area contributed by atoms with Crippen molar-refractivity contribution in [1.82, 2.24) is 15.0 Å². The molecule has 0 bridgehead atoms. The molecule has 8 nitrogen and oxygen atoms in total. The van der Waals surface area contributed by atoms with Gasteiger partial charge in [-0.05, 0) is 40.9 Å². The van der Waals surface area contributed by atoms with Crippen LogP contribution in [0.25, 0.3) is 0 Å². The zero-order valence-electron chi connectivity index (χ0n) is 12.2. The van der Waals surface area contributed by atoms with Crippen LogP contribution in [-0.4, -0.2) is 25.9 Å². The number of aromatic nitrogens is 3. The van der Waals surface area contributed by atoms with Crippen LogP contribution in [0.2, 0.25) is 0 Å². The molecular formula is C14H15BrN6O2. The second-order valence-corrected chi connectivity index (χ2v) is 6.20. The summed E-state index contributed by atoms with van der Waals surface area (Å²) in [6.07, 6.45) is 7.17. The van der Waals surface area contributed by atoms with Gasteiger partial charge in [-0.1, -0.05) is 12.8 Å². The van der Waals surface area contributed by atoms with Crippen LogP contribution in [0.1, 0.15) is 25.7 Å². The molecule has 2 aromatic rings. The highest BCUT2D eigenvalue weighted by molar-refractivity contribution is 9.10. The standard InChI is InChI=1S/C14H15BrN6O2/c15-9-5-6-11(16-7-9)20-14-12(21(22)23)13(17-8-18-14)19-10-3-1-2-4-10/h5-8,10H,1-4H2,(H2,16,17,18,19,20). The molecule has 0 radical (unpaired) electrons. The lowest BCUT2D eigenvalue weighted by Gasteiger charge is -2.13. The van der Waals surface area contributed by atoms with E-state index in [4.69, 9.17) is 0 Å². The molecule has 0 spiro atoms. The molecule has 1 saturated carbocycles. The predicted molar refractivity (Wildman–Crippen MR) is 89.8 cm³/mol. The van der Waals surface area contributed by atoms with Crippen molar-refractivity contribution in [3.63, 3.8) is 0 Å². The number of nitrogens with one attached hydrogen (secondary N) is 2. The predicted octanol–water partition coefficient (Wildman–Crippen LogP) is 3.64. The zero-order chi connectivity index (χ0) is 16.2. The maximum Gasteiger partial charge on any atom is 0.353 e. The molecule has 0 aromatic carbocycles. The summed E-state index contributed by atoms with van der Waals surface area (Å²) in [7, 11) is 0. The Balaban J connectivity index is 1.89. The van der Waals surface area contributed by atoms with Gasteiger partial charge in [-0.2, -0.15) is 0 Å². The van der Waals surface area contributed by atoms with E-state index >= 15 is 0 Å². The Labute approximate surface area is 141 Å². The van der Waals surface area contributed by atoms with E-state index in [9.17, 15) is 10.1 Å². The Morgan fingerprint density at radius 2 is 1.91 bits per heavy atom. The van der Waals surface area contributed by atoms with Crippen LogP contribution < -0.4 is 10.6 Å². The molecule has 2 aromatic heterocycles. The van der Waals surface area contributed by atoms with Gasteiger partial charge in [-0.15, -0.1) is 0 Å². The molecule has 3 rings (SSSR count). The quantitative estimate of drug-likeness (QED) is 0.603. The fraction of sp³-hybridized carbons (Fsp3) is 0.357. The number of hydrogen-bond donors (Lipinski definition) is 2. The molecule has 0 amide bonds. The molecular weight excluding hydrogens is 364 g/mol. The van der Waals surface area contributed by atoms with E-state index in [2.05, 4.69) is 41.5 Å². The average Bonchev–Trinajstić information content (AvgIpc) is 3.02. The van der Waals surface area contributed by atoms with Gasteiger partial charge in [-0.25, -0.2) is 15.0 Å². The van der Waals surface area contributed by atoms with Gasteiger partial charge < -0.3 is 10.6 Å². The van der Waals surface area contributed by atoms with Gasteiger partial charge in [0.1, 0.15) is 12.1 Å². The molecule has 1 aliphatic carbocycles. The average molecular weight is 379 g/mol. The van der Waals surface area contributed by atoms with Crippen molar-refractivity contribution in [2.45, 2.75) is 31.7 Å². The molecule has 23 heavy (non-hydrogen) atoms. The van der Waals surface area contributed by atoms with E-state index in [0.717, 1.165) is 30.2 Å². The highest BCUT2D eigenvalue weighted by atomic mass is 79.9. The number of halogens is 1. The first kappa shape index (κ1) is 15.6. The maximum absolute atomic E-state index is 11.5. The van der Waals surface area contributed by atoms with Crippen molar-refractivity contribution in [3.05, 3.63) is 39.2 Å². The summed E-state index contributed by atoms with van der Waals surface area (Å²) in [6, 6.07) is 3.72. The normalized spacial score (nSPS) is 14.7. The first-order valence-corrected chi connectivity index (χ1v) is 8.07. The van der Waals surface area contributed by atoms with Gasteiger partial charge in [-0.3, -0.25) is 10.1 Å². The van der Waals surface area contributed by atoms with Crippen LogP contribution in [0, 0.1) is 10.1 Å². The lowest BCUT2D eigenvalue weighted by Crippen LogP contribution is -2.17. The summed E-state index contributed by atoms with van der Waals surface area (Å²) in [4.78, 5) is 23.2. The summed E-state index contributed by atoms with van der Waals surface area (Å²) in [5.41, 5.74) is -0.163. The molecule has 2 N–H and O–H groups in total. The van der Waals surface area contributed by atoms with E-state index in [1.165, 1.54) is 6.33 Å². The van der Waals surface area contributed by atoms with E-state index in [1.54, 1.807) is 18.3 Å². The van der Waals surface area contributed by atoms with Gasteiger partial charge >= 0.3 is 5.69 Å². The smallest absolute Gasteiger partial charge is 0.353 e. The van der Waals surface area contributed by atoms with Gasteiger partial charge in [0.2, 0.25) is 11.6 Å². The number of nitrogens with zero attached hydrogens (tertiary/aromatic N) is 4. The topological polar surface area (TPSA) is 106 Å². The minimum atomic E-state index is -0.474. The zero-order valence-corrected chi connectivity index (χ0v) is 13.8. The molecule has 0 unspecified atom stereocenters. The van der Waals surface area contributed by atoms with Crippen molar-refractivity contribution in [2.24, 2.45) is 0 Å². The summed E-state index contributed by atoms with van der Waals surface area (Å²) >= 11 is 3.29. The van der Waals surface area contributed by atoms with E-state index in [-0.39, 0.29) is 23.4 Å². The fourth-order valence-corrected chi connectivity index (χ4v) is 2.82. The number of rotatable bonds is 5. The maximum atomic E-state index is 11.5. The molecule has 9 heteroatoms. The van der Waals surface area contributed by atoms with Crippen LogP contribution >= 0.6 is 15.9 Å². The molecule has 2 heterocycles. The number of nitro groups is 1. The van der Waals surface area contributed by atoms with Crippen molar-refractivity contribution in [2.75, 3.05) is 10.6 Å². The largest absolute Gasteiger partial charge is 0.361 e. The lowest BCUT2D eigenvalue weighted by atomic mass is 10.2. The molecule has 0 aliphatic heterocycles.